The molecule has 1 heterocycles. The molecular weight excluding hydrogens is 290 g/mol. The van der Waals surface area contributed by atoms with E-state index < -0.39 is 5.97 Å². The first-order valence-corrected chi connectivity index (χ1v) is 7.73. The van der Waals surface area contributed by atoms with Crippen molar-refractivity contribution in [3.8, 4) is 5.75 Å². The van der Waals surface area contributed by atoms with Crippen molar-refractivity contribution in [2.45, 2.75) is 12.8 Å². The third kappa shape index (κ3) is 3.54. The molecule has 23 heavy (non-hydrogen) atoms. The number of nitrogens with zero attached hydrogens (tertiary/aromatic N) is 1. The molecule has 0 atom stereocenters. The Hall–Kier alpha value is -2.75. The maximum absolute atomic E-state index is 11.5. The van der Waals surface area contributed by atoms with E-state index in [9.17, 15) is 15.0 Å². The lowest BCUT2D eigenvalue weighted by Crippen LogP contribution is -2.17. The molecule has 0 bridgehead atoms. The number of carbonyl (C=O) groups is 1. The Bertz CT molecular complexity index is 729. The molecule has 0 radical (unpaired) electrons. The van der Waals surface area contributed by atoms with Crippen LogP contribution >= 0.6 is 0 Å². The van der Waals surface area contributed by atoms with Crippen LogP contribution in [0.2, 0.25) is 0 Å². The number of benzene rings is 2. The van der Waals surface area contributed by atoms with Crippen molar-refractivity contribution in [2.24, 2.45) is 0 Å². The van der Waals surface area contributed by atoms with Gasteiger partial charge < -0.3 is 15.1 Å². The van der Waals surface area contributed by atoms with Crippen LogP contribution in [0.15, 0.2) is 48.5 Å². The van der Waals surface area contributed by atoms with Gasteiger partial charge in [0, 0.05) is 18.8 Å². The van der Waals surface area contributed by atoms with E-state index in [0.717, 1.165) is 18.7 Å². The Morgan fingerprint density at radius 1 is 1.04 bits per heavy atom. The van der Waals surface area contributed by atoms with E-state index in [2.05, 4.69) is 4.90 Å². The Labute approximate surface area is 135 Å². The maximum atomic E-state index is 11.5. The van der Waals surface area contributed by atoms with Crippen molar-refractivity contribution < 1.29 is 15.0 Å². The van der Waals surface area contributed by atoms with Crippen LogP contribution in [0.25, 0.3) is 11.6 Å². The lowest BCUT2D eigenvalue weighted by atomic mass is 10.0. The fourth-order valence-corrected chi connectivity index (χ4v) is 2.87. The maximum Gasteiger partial charge on any atom is 0.336 e. The zero-order valence-corrected chi connectivity index (χ0v) is 12.8. The molecule has 0 saturated carbocycles. The minimum Gasteiger partial charge on any atom is -0.508 e. The highest BCUT2D eigenvalue weighted by molar-refractivity contribution is 6.20. The highest BCUT2D eigenvalue weighted by Gasteiger charge is 2.13. The molecule has 2 aromatic carbocycles. The molecule has 3 rings (SSSR count). The predicted molar refractivity (Wildman–Crippen MR) is 91.5 cm³/mol. The normalized spacial score (nSPS) is 15.0. The summed E-state index contributed by atoms with van der Waals surface area (Å²) in [4.78, 5) is 13.9. The molecule has 0 amide bonds. The van der Waals surface area contributed by atoms with E-state index >= 15 is 0 Å². The summed E-state index contributed by atoms with van der Waals surface area (Å²) in [6, 6.07) is 14.2. The van der Waals surface area contributed by atoms with Gasteiger partial charge in [-0.1, -0.05) is 24.3 Å². The summed E-state index contributed by atoms with van der Waals surface area (Å²) in [7, 11) is 0. The second-order valence-electron chi connectivity index (χ2n) is 5.70. The number of aromatic hydroxyl groups is 1. The fourth-order valence-electron chi connectivity index (χ4n) is 2.87. The Balaban J connectivity index is 1.89. The molecule has 4 heteroatoms. The van der Waals surface area contributed by atoms with E-state index in [1.807, 2.05) is 24.3 Å². The topological polar surface area (TPSA) is 60.8 Å². The minimum absolute atomic E-state index is 0.0547. The molecule has 118 valence electrons. The van der Waals surface area contributed by atoms with E-state index in [4.69, 9.17) is 0 Å². The van der Waals surface area contributed by atoms with E-state index in [1.54, 1.807) is 18.2 Å². The van der Waals surface area contributed by atoms with Crippen molar-refractivity contribution in [1.29, 1.82) is 0 Å². The number of rotatable bonds is 4. The zero-order chi connectivity index (χ0) is 16.2. The number of phenols is 1. The molecule has 1 aliphatic rings. The number of carboxylic acid groups (broad SMARTS) is 1. The van der Waals surface area contributed by atoms with E-state index in [0.29, 0.717) is 5.56 Å². The second-order valence-corrected chi connectivity index (χ2v) is 5.70. The van der Waals surface area contributed by atoms with Crippen molar-refractivity contribution in [3.63, 3.8) is 0 Å². The highest BCUT2D eigenvalue weighted by Crippen LogP contribution is 2.24. The third-order valence-electron chi connectivity index (χ3n) is 4.06. The fraction of sp³-hybridized carbons (Fsp3) is 0.211. The van der Waals surface area contributed by atoms with Crippen molar-refractivity contribution in [1.82, 2.24) is 0 Å². The van der Waals surface area contributed by atoms with Gasteiger partial charge in [0.2, 0.25) is 0 Å². The first-order valence-electron chi connectivity index (χ1n) is 7.73. The number of phenolic OH excluding ortho intramolecular Hbond substituents is 1. The summed E-state index contributed by atoms with van der Waals surface area (Å²) in [5.41, 5.74) is 2.65. The highest BCUT2D eigenvalue weighted by atomic mass is 16.4. The summed E-state index contributed by atoms with van der Waals surface area (Å²) in [5, 5.41) is 19.0. The average molecular weight is 309 g/mol. The number of hydrogen-bond acceptors (Lipinski definition) is 3. The van der Waals surface area contributed by atoms with Crippen molar-refractivity contribution in [2.75, 3.05) is 18.0 Å². The van der Waals surface area contributed by atoms with Crippen LogP contribution in [0.3, 0.4) is 0 Å². The first-order chi connectivity index (χ1) is 11.1. The summed E-state index contributed by atoms with van der Waals surface area (Å²) < 4.78 is 0. The quantitative estimate of drug-likeness (QED) is 0.669. The Kier molecular flexibility index (Phi) is 4.33. The minimum atomic E-state index is -1.01. The number of hydrogen-bond donors (Lipinski definition) is 2. The molecule has 2 aromatic rings. The summed E-state index contributed by atoms with van der Waals surface area (Å²) in [6.45, 7) is 2.16. The Morgan fingerprint density at radius 3 is 2.35 bits per heavy atom. The van der Waals surface area contributed by atoms with Gasteiger partial charge in [0.05, 0.1) is 5.57 Å². The smallest absolute Gasteiger partial charge is 0.336 e. The summed E-state index contributed by atoms with van der Waals surface area (Å²) in [5.74, 6) is -0.960. The molecule has 4 nitrogen and oxygen atoms in total. The first kappa shape index (κ1) is 15.2. The van der Waals surface area contributed by atoms with Crippen LogP contribution in [0.5, 0.6) is 5.75 Å². The van der Waals surface area contributed by atoms with Gasteiger partial charge in [-0.3, -0.25) is 0 Å². The van der Waals surface area contributed by atoms with E-state index in [-0.39, 0.29) is 11.3 Å². The largest absolute Gasteiger partial charge is 0.508 e. The molecule has 1 aliphatic heterocycles. The van der Waals surface area contributed by atoms with Crippen LogP contribution < -0.4 is 4.90 Å². The van der Waals surface area contributed by atoms with Gasteiger partial charge in [-0.2, -0.15) is 0 Å². The SMILES string of the molecule is O=C(O)/C(=C\c1ccc(N2CCCC2)cc1)c1cccc(O)c1. The van der Waals surface area contributed by atoms with Crippen LogP contribution in [0, 0.1) is 0 Å². The van der Waals surface area contributed by atoms with Gasteiger partial charge >= 0.3 is 5.97 Å². The number of anilines is 1. The molecule has 0 aromatic heterocycles. The van der Waals surface area contributed by atoms with Gasteiger partial charge in [0.15, 0.2) is 0 Å². The average Bonchev–Trinajstić information content (AvgIpc) is 3.07. The molecule has 1 saturated heterocycles. The van der Waals surface area contributed by atoms with Gasteiger partial charge in [-0.15, -0.1) is 0 Å². The van der Waals surface area contributed by atoms with Crippen LogP contribution in [0.1, 0.15) is 24.0 Å². The van der Waals surface area contributed by atoms with Crippen LogP contribution in [-0.4, -0.2) is 29.3 Å². The van der Waals surface area contributed by atoms with Crippen LogP contribution in [0.4, 0.5) is 5.69 Å². The van der Waals surface area contributed by atoms with Gasteiger partial charge in [0.25, 0.3) is 0 Å². The van der Waals surface area contributed by atoms with Crippen molar-refractivity contribution in [3.05, 3.63) is 59.7 Å². The monoisotopic (exact) mass is 309 g/mol. The Morgan fingerprint density at radius 2 is 1.74 bits per heavy atom. The summed E-state index contributed by atoms with van der Waals surface area (Å²) in [6.07, 6.45) is 4.08. The number of aliphatic carboxylic acids is 1. The molecule has 0 aliphatic carbocycles. The number of carboxylic acids is 1. The second kappa shape index (κ2) is 6.57. The third-order valence-corrected chi connectivity index (χ3v) is 4.06. The summed E-state index contributed by atoms with van der Waals surface area (Å²) >= 11 is 0. The predicted octanol–water partition coefficient (Wildman–Crippen LogP) is 3.62. The molecule has 2 N–H and O–H groups in total. The van der Waals surface area contributed by atoms with Crippen LogP contribution in [-0.2, 0) is 4.79 Å². The lowest BCUT2D eigenvalue weighted by Gasteiger charge is -2.17. The molecular formula is C19H19NO3. The molecule has 0 spiro atoms. The van der Waals surface area contributed by atoms with E-state index in [1.165, 1.54) is 30.7 Å². The van der Waals surface area contributed by atoms with Crippen molar-refractivity contribution >= 4 is 23.3 Å². The standard InChI is InChI=1S/C19H19NO3/c21-17-5-3-4-15(13-17)18(19(22)23)12-14-6-8-16(9-7-14)20-10-1-2-11-20/h3-9,12-13,21H,1-2,10-11H2,(H,22,23)/b18-12-. The van der Waals surface area contributed by atoms with Gasteiger partial charge in [-0.25, -0.2) is 4.79 Å². The lowest BCUT2D eigenvalue weighted by molar-refractivity contribution is -0.130. The molecule has 1 fully saturated rings. The molecule has 0 unspecified atom stereocenters. The van der Waals surface area contributed by atoms with Gasteiger partial charge in [-0.05, 0) is 54.3 Å². The zero-order valence-electron chi connectivity index (χ0n) is 12.8. The van der Waals surface area contributed by atoms with Gasteiger partial charge in [0.1, 0.15) is 5.75 Å².